The average Bonchev–Trinajstić information content (AvgIpc) is 2.56. The maximum atomic E-state index is 12.6. The first kappa shape index (κ1) is 18.6. The molecular formula is C20H25N3O2. The predicted molar refractivity (Wildman–Crippen MR) is 99.5 cm³/mol. The zero-order valence-corrected chi connectivity index (χ0v) is 15.2. The summed E-state index contributed by atoms with van der Waals surface area (Å²) in [7, 11) is 0. The van der Waals surface area contributed by atoms with E-state index in [-0.39, 0.29) is 17.7 Å². The number of nitrogens with one attached hydrogen (secondary N) is 2. The van der Waals surface area contributed by atoms with Crippen LogP contribution in [0.25, 0.3) is 0 Å². The topological polar surface area (TPSA) is 71.1 Å². The summed E-state index contributed by atoms with van der Waals surface area (Å²) in [4.78, 5) is 29.4. The van der Waals surface area contributed by atoms with Gasteiger partial charge < -0.3 is 10.6 Å². The fourth-order valence-corrected chi connectivity index (χ4v) is 2.52. The molecule has 1 heterocycles. The Hall–Kier alpha value is -2.69. The molecule has 2 amide bonds. The van der Waals surface area contributed by atoms with Crippen molar-refractivity contribution in [3.63, 3.8) is 0 Å². The molecule has 0 aliphatic rings. The van der Waals surface area contributed by atoms with Crippen molar-refractivity contribution in [3.8, 4) is 0 Å². The van der Waals surface area contributed by atoms with Crippen LogP contribution in [-0.2, 0) is 4.79 Å². The molecule has 0 spiro atoms. The molecule has 2 N–H and O–H groups in total. The molecule has 1 unspecified atom stereocenters. The van der Waals surface area contributed by atoms with Crippen LogP contribution in [-0.4, -0.2) is 22.8 Å². The summed E-state index contributed by atoms with van der Waals surface area (Å²) in [6.07, 6.45) is 2.24. The maximum Gasteiger partial charge on any atom is 0.252 e. The summed E-state index contributed by atoms with van der Waals surface area (Å²) >= 11 is 0. The van der Waals surface area contributed by atoms with Gasteiger partial charge in [-0.3, -0.25) is 9.59 Å². The van der Waals surface area contributed by atoms with E-state index in [1.54, 1.807) is 18.3 Å². The van der Waals surface area contributed by atoms with Gasteiger partial charge in [0.1, 0.15) is 11.9 Å². The van der Waals surface area contributed by atoms with Gasteiger partial charge in [0.2, 0.25) is 5.91 Å². The SMILES string of the molecule is Cc1ccc(NC(=O)C(CC(C)C)NC(=O)c2ccccc2C)nc1. The number of hydrogen-bond donors (Lipinski definition) is 2. The Morgan fingerprint density at radius 1 is 1.08 bits per heavy atom. The third kappa shape index (κ3) is 5.41. The van der Waals surface area contributed by atoms with E-state index in [0.29, 0.717) is 17.8 Å². The van der Waals surface area contributed by atoms with Crippen LogP contribution >= 0.6 is 0 Å². The number of aryl methyl sites for hydroxylation is 2. The molecule has 2 rings (SSSR count). The summed E-state index contributed by atoms with van der Waals surface area (Å²) in [5.41, 5.74) is 2.48. The average molecular weight is 339 g/mol. The van der Waals surface area contributed by atoms with Gasteiger partial charge in [-0.05, 0) is 49.4 Å². The first-order chi connectivity index (χ1) is 11.9. The van der Waals surface area contributed by atoms with Gasteiger partial charge in [-0.15, -0.1) is 0 Å². The summed E-state index contributed by atoms with van der Waals surface area (Å²) < 4.78 is 0. The third-order valence-corrected chi connectivity index (χ3v) is 3.88. The van der Waals surface area contributed by atoms with Crippen molar-refractivity contribution in [2.45, 2.75) is 40.2 Å². The lowest BCUT2D eigenvalue weighted by molar-refractivity contribution is -0.118. The van der Waals surface area contributed by atoms with Gasteiger partial charge >= 0.3 is 0 Å². The number of hydrogen-bond acceptors (Lipinski definition) is 3. The van der Waals surface area contributed by atoms with E-state index in [9.17, 15) is 9.59 Å². The van der Waals surface area contributed by atoms with Crippen LogP contribution in [0.1, 0.15) is 41.8 Å². The molecule has 0 saturated heterocycles. The minimum atomic E-state index is -0.616. The highest BCUT2D eigenvalue weighted by molar-refractivity contribution is 6.01. The van der Waals surface area contributed by atoms with E-state index >= 15 is 0 Å². The van der Waals surface area contributed by atoms with Gasteiger partial charge in [0.15, 0.2) is 0 Å². The number of rotatable bonds is 6. The lowest BCUT2D eigenvalue weighted by atomic mass is 10.0. The Morgan fingerprint density at radius 2 is 1.80 bits per heavy atom. The Bertz CT molecular complexity index is 739. The lowest BCUT2D eigenvalue weighted by Crippen LogP contribution is -2.44. The van der Waals surface area contributed by atoms with E-state index < -0.39 is 6.04 Å². The maximum absolute atomic E-state index is 12.6. The summed E-state index contributed by atoms with van der Waals surface area (Å²) in [6.45, 7) is 7.85. The number of benzene rings is 1. The molecule has 1 aromatic heterocycles. The molecular weight excluding hydrogens is 314 g/mol. The second-order valence-corrected chi connectivity index (χ2v) is 6.68. The Morgan fingerprint density at radius 3 is 2.40 bits per heavy atom. The Kier molecular flexibility index (Phi) is 6.28. The predicted octanol–water partition coefficient (Wildman–Crippen LogP) is 3.48. The number of amides is 2. The largest absolute Gasteiger partial charge is 0.340 e. The zero-order valence-electron chi connectivity index (χ0n) is 15.2. The van der Waals surface area contributed by atoms with Crippen molar-refractivity contribution >= 4 is 17.6 Å². The molecule has 1 atom stereocenters. The second-order valence-electron chi connectivity index (χ2n) is 6.68. The summed E-state index contributed by atoms with van der Waals surface area (Å²) in [5, 5.41) is 5.64. The Balaban J connectivity index is 2.12. The van der Waals surface area contributed by atoms with Gasteiger partial charge in [0, 0.05) is 11.8 Å². The fourth-order valence-electron chi connectivity index (χ4n) is 2.52. The standard InChI is InChI=1S/C20H25N3O2/c1-13(2)11-17(20(25)23-18-10-9-14(3)12-21-18)22-19(24)16-8-6-5-7-15(16)4/h5-10,12-13,17H,11H2,1-4H3,(H,22,24)(H,21,23,25). The fraction of sp³-hybridized carbons (Fsp3) is 0.350. The number of anilines is 1. The minimum Gasteiger partial charge on any atom is -0.340 e. The normalized spacial score (nSPS) is 11.9. The molecule has 5 nitrogen and oxygen atoms in total. The quantitative estimate of drug-likeness (QED) is 0.846. The first-order valence-corrected chi connectivity index (χ1v) is 8.47. The number of aromatic nitrogens is 1. The molecule has 0 fully saturated rings. The van der Waals surface area contributed by atoms with Crippen LogP contribution in [0.4, 0.5) is 5.82 Å². The highest BCUT2D eigenvalue weighted by atomic mass is 16.2. The molecule has 0 aliphatic heterocycles. The lowest BCUT2D eigenvalue weighted by Gasteiger charge is -2.20. The number of pyridine rings is 1. The van der Waals surface area contributed by atoms with E-state index in [4.69, 9.17) is 0 Å². The van der Waals surface area contributed by atoms with E-state index in [2.05, 4.69) is 15.6 Å². The zero-order chi connectivity index (χ0) is 18.4. The number of nitrogens with zero attached hydrogens (tertiary/aromatic N) is 1. The van der Waals surface area contributed by atoms with Crippen molar-refractivity contribution < 1.29 is 9.59 Å². The van der Waals surface area contributed by atoms with Crippen LogP contribution in [0, 0.1) is 19.8 Å². The molecule has 132 valence electrons. The van der Waals surface area contributed by atoms with Crippen molar-refractivity contribution in [1.29, 1.82) is 0 Å². The van der Waals surface area contributed by atoms with Crippen LogP contribution in [0.2, 0.25) is 0 Å². The van der Waals surface area contributed by atoms with E-state index in [1.165, 1.54) is 0 Å². The second kappa shape index (κ2) is 8.42. The molecule has 0 saturated carbocycles. The van der Waals surface area contributed by atoms with Crippen LogP contribution in [0.5, 0.6) is 0 Å². The van der Waals surface area contributed by atoms with Gasteiger partial charge in [0.05, 0.1) is 0 Å². The van der Waals surface area contributed by atoms with Gasteiger partial charge in [-0.1, -0.05) is 38.1 Å². The molecule has 0 bridgehead atoms. The van der Waals surface area contributed by atoms with Crippen LogP contribution in [0.15, 0.2) is 42.6 Å². The van der Waals surface area contributed by atoms with Crippen molar-refractivity contribution in [3.05, 3.63) is 59.3 Å². The van der Waals surface area contributed by atoms with Crippen molar-refractivity contribution in [2.75, 3.05) is 5.32 Å². The summed E-state index contributed by atoms with van der Waals surface area (Å²) in [6, 6.07) is 10.4. The molecule has 1 aromatic carbocycles. The van der Waals surface area contributed by atoms with Gasteiger partial charge in [-0.2, -0.15) is 0 Å². The van der Waals surface area contributed by atoms with Crippen LogP contribution in [0.3, 0.4) is 0 Å². The molecule has 0 radical (unpaired) electrons. The highest BCUT2D eigenvalue weighted by Gasteiger charge is 2.23. The Labute approximate surface area is 148 Å². The van der Waals surface area contributed by atoms with E-state index in [0.717, 1.165) is 11.1 Å². The summed E-state index contributed by atoms with van der Waals surface area (Å²) in [5.74, 6) is 0.246. The van der Waals surface area contributed by atoms with E-state index in [1.807, 2.05) is 52.0 Å². The van der Waals surface area contributed by atoms with Crippen LogP contribution < -0.4 is 10.6 Å². The third-order valence-electron chi connectivity index (χ3n) is 3.88. The number of carbonyl (C=O) groups excluding carboxylic acids is 2. The van der Waals surface area contributed by atoms with Crippen molar-refractivity contribution in [1.82, 2.24) is 10.3 Å². The number of carbonyl (C=O) groups is 2. The monoisotopic (exact) mass is 339 g/mol. The molecule has 0 aliphatic carbocycles. The highest BCUT2D eigenvalue weighted by Crippen LogP contribution is 2.12. The van der Waals surface area contributed by atoms with Crippen molar-refractivity contribution in [2.24, 2.45) is 5.92 Å². The van der Waals surface area contributed by atoms with Gasteiger partial charge in [-0.25, -0.2) is 4.98 Å². The minimum absolute atomic E-state index is 0.240. The molecule has 2 aromatic rings. The molecule has 5 heteroatoms. The molecule has 25 heavy (non-hydrogen) atoms. The van der Waals surface area contributed by atoms with Gasteiger partial charge in [0.25, 0.3) is 5.91 Å². The first-order valence-electron chi connectivity index (χ1n) is 8.47. The smallest absolute Gasteiger partial charge is 0.252 e.